The Balaban J connectivity index is 1.50. The lowest BCUT2D eigenvalue weighted by Gasteiger charge is -2.17. The number of fused-ring (bicyclic) bond motifs is 1. The molecule has 0 aliphatic heterocycles. The number of hydrogen-bond acceptors (Lipinski definition) is 3. The first-order valence-electron chi connectivity index (χ1n) is 10.1. The molecule has 1 heterocycles. The molecule has 0 bridgehead atoms. The normalized spacial score (nSPS) is 12.0. The van der Waals surface area contributed by atoms with E-state index in [-0.39, 0.29) is 17.7 Å². The summed E-state index contributed by atoms with van der Waals surface area (Å²) in [5, 5.41) is 12.7. The van der Waals surface area contributed by atoms with Gasteiger partial charge in [0.05, 0.1) is 17.1 Å². The van der Waals surface area contributed by atoms with Crippen LogP contribution in [0.4, 0.5) is 0 Å². The van der Waals surface area contributed by atoms with Gasteiger partial charge in [0.1, 0.15) is 11.6 Å². The van der Waals surface area contributed by atoms with Crippen molar-refractivity contribution in [1.29, 1.82) is 0 Å². The fraction of sp³-hybridized carbons (Fsp3) is 0.200. The highest BCUT2D eigenvalue weighted by atomic mass is 16.3. The number of aromatic amines is 1. The number of para-hydroxylation sites is 2. The first-order valence-corrected chi connectivity index (χ1v) is 10.1. The molecule has 3 aromatic carbocycles. The molecule has 0 fully saturated rings. The van der Waals surface area contributed by atoms with Crippen LogP contribution >= 0.6 is 0 Å². The summed E-state index contributed by atoms with van der Waals surface area (Å²) in [4.78, 5) is 20.8. The highest BCUT2D eigenvalue weighted by Gasteiger charge is 2.19. The summed E-state index contributed by atoms with van der Waals surface area (Å²) in [6.45, 7) is 2.05. The number of nitrogens with zero attached hydrogens (tertiary/aromatic N) is 1. The van der Waals surface area contributed by atoms with E-state index in [4.69, 9.17) is 0 Å². The van der Waals surface area contributed by atoms with E-state index >= 15 is 0 Å². The maximum Gasteiger partial charge on any atom is 0.220 e. The molecule has 4 aromatic rings. The van der Waals surface area contributed by atoms with E-state index in [1.165, 1.54) is 5.56 Å². The van der Waals surface area contributed by atoms with Gasteiger partial charge in [-0.05, 0) is 55.2 Å². The largest absolute Gasteiger partial charge is 0.508 e. The third-order valence-corrected chi connectivity index (χ3v) is 5.21. The molecule has 1 aromatic heterocycles. The number of hydrogen-bond donors (Lipinski definition) is 3. The maximum atomic E-state index is 12.7. The molecule has 152 valence electrons. The summed E-state index contributed by atoms with van der Waals surface area (Å²) in [6.07, 6.45) is 1.68. The minimum atomic E-state index is -0.285. The van der Waals surface area contributed by atoms with Gasteiger partial charge in [-0.2, -0.15) is 0 Å². The number of carbonyl (C=O) groups excluding carboxylic acids is 1. The predicted molar refractivity (Wildman–Crippen MR) is 118 cm³/mol. The number of benzene rings is 3. The Labute approximate surface area is 175 Å². The van der Waals surface area contributed by atoms with Gasteiger partial charge in [0, 0.05) is 6.42 Å². The molecule has 0 aliphatic rings. The topological polar surface area (TPSA) is 78.0 Å². The van der Waals surface area contributed by atoms with Gasteiger partial charge in [-0.15, -0.1) is 0 Å². The van der Waals surface area contributed by atoms with Crippen molar-refractivity contribution in [3.8, 4) is 5.75 Å². The third-order valence-electron chi connectivity index (χ3n) is 5.21. The Morgan fingerprint density at radius 3 is 2.43 bits per heavy atom. The number of aromatic hydroxyl groups is 1. The van der Waals surface area contributed by atoms with Crippen LogP contribution in [0.25, 0.3) is 11.0 Å². The Morgan fingerprint density at radius 2 is 1.70 bits per heavy atom. The highest BCUT2D eigenvalue weighted by Crippen LogP contribution is 2.21. The van der Waals surface area contributed by atoms with Crippen molar-refractivity contribution < 1.29 is 9.90 Å². The van der Waals surface area contributed by atoms with E-state index in [1.54, 1.807) is 12.1 Å². The number of phenolic OH excluding ortho intramolecular Hbond substituents is 1. The van der Waals surface area contributed by atoms with E-state index in [2.05, 4.69) is 46.5 Å². The van der Waals surface area contributed by atoms with Gasteiger partial charge in [0.2, 0.25) is 5.91 Å². The SMILES string of the molecule is Cc1ccc(CCC(=O)N[C@H](Cc2ccc(O)cc2)c2nc3ccccc3[nH]2)cc1. The molecule has 0 unspecified atom stereocenters. The molecule has 0 saturated heterocycles. The number of H-pyrrole nitrogens is 1. The minimum absolute atomic E-state index is 0.0141. The van der Waals surface area contributed by atoms with E-state index in [0.29, 0.717) is 19.3 Å². The smallest absolute Gasteiger partial charge is 0.220 e. The van der Waals surface area contributed by atoms with Crippen LogP contribution in [0.5, 0.6) is 5.75 Å². The Kier molecular flexibility index (Phi) is 5.80. The fourth-order valence-corrected chi connectivity index (χ4v) is 3.50. The number of imidazole rings is 1. The molecule has 4 rings (SSSR count). The molecule has 0 saturated carbocycles. The van der Waals surface area contributed by atoms with Crippen molar-refractivity contribution in [2.75, 3.05) is 0 Å². The summed E-state index contributed by atoms with van der Waals surface area (Å²) in [7, 11) is 0. The second-order valence-electron chi connectivity index (χ2n) is 7.62. The Hall–Kier alpha value is -3.60. The summed E-state index contributed by atoms with van der Waals surface area (Å²) < 4.78 is 0. The van der Waals surface area contributed by atoms with Gasteiger partial charge in [0.25, 0.3) is 0 Å². The highest BCUT2D eigenvalue weighted by molar-refractivity contribution is 5.77. The number of nitrogens with one attached hydrogen (secondary N) is 2. The second kappa shape index (κ2) is 8.82. The van der Waals surface area contributed by atoms with Gasteiger partial charge in [0.15, 0.2) is 0 Å². The van der Waals surface area contributed by atoms with Crippen LogP contribution in [0, 0.1) is 6.92 Å². The average molecular weight is 399 g/mol. The molecular weight excluding hydrogens is 374 g/mol. The summed E-state index contributed by atoms with van der Waals surface area (Å²) >= 11 is 0. The van der Waals surface area contributed by atoms with E-state index in [1.807, 2.05) is 36.4 Å². The van der Waals surface area contributed by atoms with Crippen LogP contribution in [0.3, 0.4) is 0 Å². The molecular formula is C25H25N3O2. The lowest BCUT2D eigenvalue weighted by molar-refractivity contribution is -0.121. The van der Waals surface area contributed by atoms with Gasteiger partial charge >= 0.3 is 0 Å². The van der Waals surface area contributed by atoms with Crippen molar-refractivity contribution in [2.24, 2.45) is 0 Å². The van der Waals surface area contributed by atoms with Crippen molar-refractivity contribution >= 4 is 16.9 Å². The monoisotopic (exact) mass is 399 g/mol. The van der Waals surface area contributed by atoms with E-state index in [0.717, 1.165) is 28.0 Å². The Bertz CT molecular complexity index is 1100. The number of aromatic nitrogens is 2. The molecule has 3 N–H and O–H groups in total. The number of aryl methyl sites for hydroxylation is 2. The molecule has 1 atom stereocenters. The van der Waals surface area contributed by atoms with Crippen LogP contribution in [-0.4, -0.2) is 21.0 Å². The number of phenols is 1. The zero-order valence-corrected chi connectivity index (χ0v) is 16.9. The standard InChI is InChI=1S/C25H25N3O2/c1-17-6-8-18(9-7-17)12-15-24(30)26-23(16-19-10-13-20(29)14-11-19)25-27-21-4-2-3-5-22(21)28-25/h2-11,13-14,23,29H,12,15-16H2,1H3,(H,26,30)(H,27,28)/t23-/m1/s1. The van der Waals surface area contributed by atoms with Crippen molar-refractivity contribution in [2.45, 2.75) is 32.2 Å². The van der Waals surface area contributed by atoms with Gasteiger partial charge in [-0.25, -0.2) is 4.98 Å². The number of rotatable bonds is 7. The quantitative estimate of drug-likeness (QED) is 0.425. The molecule has 30 heavy (non-hydrogen) atoms. The Morgan fingerprint density at radius 1 is 1.00 bits per heavy atom. The van der Waals surface area contributed by atoms with Gasteiger partial charge in [-0.1, -0.05) is 54.1 Å². The minimum Gasteiger partial charge on any atom is -0.508 e. The summed E-state index contributed by atoms with van der Waals surface area (Å²) in [5.41, 5.74) is 5.18. The maximum absolute atomic E-state index is 12.7. The summed E-state index contributed by atoms with van der Waals surface area (Å²) in [6, 6.07) is 22.8. The van der Waals surface area contributed by atoms with Crippen LogP contribution in [0.2, 0.25) is 0 Å². The second-order valence-corrected chi connectivity index (χ2v) is 7.62. The lowest BCUT2D eigenvalue weighted by Crippen LogP contribution is -2.31. The van der Waals surface area contributed by atoms with Crippen molar-refractivity contribution in [3.05, 3.63) is 95.3 Å². The van der Waals surface area contributed by atoms with Gasteiger partial charge in [-0.3, -0.25) is 4.79 Å². The number of carbonyl (C=O) groups is 1. The third kappa shape index (κ3) is 4.87. The predicted octanol–water partition coefficient (Wildman–Crippen LogP) is 4.61. The first kappa shape index (κ1) is 19.7. The van der Waals surface area contributed by atoms with E-state index in [9.17, 15) is 9.90 Å². The molecule has 5 heteroatoms. The molecule has 0 spiro atoms. The number of amides is 1. The molecule has 0 radical (unpaired) electrons. The van der Waals surface area contributed by atoms with Crippen LogP contribution in [-0.2, 0) is 17.6 Å². The zero-order valence-electron chi connectivity index (χ0n) is 16.9. The van der Waals surface area contributed by atoms with Crippen LogP contribution < -0.4 is 5.32 Å². The van der Waals surface area contributed by atoms with E-state index < -0.39 is 0 Å². The van der Waals surface area contributed by atoms with Crippen LogP contribution in [0.1, 0.15) is 35.0 Å². The fourth-order valence-electron chi connectivity index (χ4n) is 3.50. The zero-order chi connectivity index (χ0) is 20.9. The van der Waals surface area contributed by atoms with Crippen molar-refractivity contribution in [3.63, 3.8) is 0 Å². The van der Waals surface area contributed by atoms with Crippen LogP contribution in [0.15, 0.2) is 72.8 Å². The summed E-state index contributed by atoms with van der Waals surface area (Å²) in [5.74, 6) is 0.939. The molecule has 0 aliphatic carbocycles. The average Bonchev–Trinajstić information content (AvgIpc) is 3.19. The lowest BCUT2D eigenvalue weighted by atomic mass is 10.0. The molecule has 5 nitrogen and oxygen atoms in total. The first-order chi connectivity index (χ1) is 14.6. The molecule has 1 amide bonds. The van der Waals surface area contributed by atoms with Crippen molar-refractivity contribution in [1.82, 2.24) is 15.3 Å². The van der Waals surface area contributed by atoms with Gasteiger partial charge < -0.3 is 15.4 Å².